The summed E-state index contributed by atoms with van der Waals surface area (Å²) in [5.74, 6) is -0.957. The number of carbonyl (C=O) groups excluding carboxylic acids is 1. The van der Waals surface area contributed by atoms with Gasteiger partial charge in [0.25, 0.3) is 0 Å². The Balaban J connectivity index is 1.61. The zero-order valence-corrected chi connectivity index (χ0v) is 22.8. The Labute approximate surface area is 234 Å². The maximum atomic E-state index is 11.8. The van der Waals surface area contributed by atoms with E-state index in [9.17, 15) is 14.7 Å². The molecule has 202 valence electrons. The summed E-state index contributed by atoms with van der Waals surface area (Å²) in [6.45, 7) is 3.82. The average molecular weight is 569 g/mol. The third-order valence-corrected chi connectivity index (χ3v) is 7.15. The molecule has 1 saturated heterocycles. The number of fused-ring (bicyclic) bond motifs is 1. The molecule has 39 heavy (non-hydrogen) atoms. The van der Waals surface area contributed by atoms with Crippen LogP contribution in [0, 0.1) is 0 Å². The molecule has 1 aliphatic rings. The molecule has 2 aromatic carbocycles. The van der Waals surface area contributed by atoms with E-state index < -0.39 is 12.1 Å². The molecule has 1 amide bonds. The molecule has 9 nitrogen and oxygen atoms in total. The fourth-order valence-corrected chi connectivity index (χ4v) is 5.46. The summed E-state index contributed by atoms with van der Waals surface area (Å²) >= 11 is 12.7. The molecule has 4 aromatic rings. The number of nitrogens with zero attached hydrogens (tertiary/aromatic N) is 3. The maximum Gasteiger partial charge on any atom is 0.337 e. The smallest absolute Gasteiger partial charge is 0.337 e. The molecule has 1 fully saturated rings. The largest absolute Gasteiger partial charge is 0.486 e. The summed E-state index contributed by atoms with van der Waals surface area (Å²) in [6, 6.07) is 10.4. The molecular weight excluding hydrogens is 543 g/mol. The summed E-state index contributed by atoms with van der Waals surface area (Å²) in [5.41, 5.74) is 2.86. The quantitative estimate of drug-likeness (QED) is 0.249. The zero-order valence-electron chi connectivity index (χ0n) is 21.3. The number of rotatable bonds is 7. The number of aromatic nitrogens is 3. The van der Waals surface area contributed by atoms with Crippen molar-refractivity contribution in [1.29, 1.82) is 0 Å². The number of amides is 1. The summed E-state index contributed by atoms with van der Waals surface area (Å²) in [6.07, 6.45) is 5.18. The first-order valence-corrected chi connectivity index (χ1v) is 13.2. The van der Waals surface area contributed by atoms with Crippen molar-refractivity contribution in [2.24, 2.45) is 0 Å². The van der Waals surface area contributed by atoms with Crippen LogP contribution in [0.1, 0.15) is 61.4 Å². The number of carboxylic acid groups (broad SMARTS) is 1. The Morgan fingerprint density at radius 1 is 1.15 bits per heavy atom. The molecule has 1 unspecified atom stereocenters. The monoisotopic (exact) mass is 568 g/mol. The van der Waals surface area contributed by atoms with Gasteiger partial charge in [0.1, 0.15) is 17.5 Å². The third-order valence-electron chi connectivity index (χ3n) is 6.55. The van der Waals surface area contributed by atoms with Crippen molar-refractivity contribution in [3.63, 3.8) is 0 Å². The molecule has 1 aliphatic heterocycles. The van der Waals surface area contributed by atoms with E-state index in [0.717, 1.165) is 30.2 Å². The SMILES string of the molecule is CC(=O)Nc1cc(-c2nn(C3CCCCO3)c3ccc(O[C@H](C)c4c(Cl)cncc4Cl)cc23)ccc1C(=O)O. The highest BCUT2D eigenvalue weighted by Gasteiger charge is 2.24. The Bertz CT molecular complexity index is 1550. The first-order valence-electron chi connectivity index (χ1n) is 12.5. The first-order chi connectivity index (χ1) is 18.7. The molecule has 0 saturated carbocycles. The van der Waals surface area contributed by atoms with Gasteiger partial charge in [0.15, 0.2) is 6.23 Å². The van der Waals surface area contributed by atoms with Gasteiger partial charge in [-0.2, -0.15) is 5.10 Å². The van der Waals surface area contributed by atoms with Gasteiger partial charge in [0, 0.05) is 42.4 Å². The number of carbonyl (C=O) groups is 2. The van der Waals surface area contributed by atoms with Crippen LogP contribution in [-0.4, -0.2) is 38.4 Å². The van der Waals surface area contributed by atoms with Gasteiger partial charge in [-0.25, -0.2) is 9.48 Å². The number of hydrogen-bond acceptors (Lipinski definition) is 6. The number of halogens is 2. The molecule has 3 heterocycles. The summed E-state index contributed by atoms with van der Waals surface area (Å²) in [7, 11) is 0. The van der Waals surface area contributed by atoms with Crippen molar-refractivity contribution >= 4 is 51.7 Å². The van der Waals surface area contributed by atoms with Crippen molar-refractivity contribution in [2.75, 3.05) is 11.9 Å². The van der Waals surface area contributed by atoms with Crippen LogP contribution in [0.3, 0.4) is 0 Å². The van der Waals surface area contributed by atoms with Crippen LogP contribution in [0.5, 0.6) is 5.75 Å². The van der Waals surface area contributed by atoms with Gasteiger partial charge in [-0.05, 0) is 56.5 Å². The Morgan fingerprint density at radius 2 is 1.92 bits per heavy atom. The van der Waals surface area contributed by atoms with E-state index in [2.05, 4.69) is 10.3 Å². The number of ether oxygens (including phenoxy) is 2. The molecule has 0 aliphatic carbocycles. The van der Waals surface area contributed by atoms with Gasteiger partial charge in [0.05, 0.1) is 26.8 Å². The lowest BCUT2D eigenvalue weighted by Gasteiger charge is -2.23. The van der Waals surface area contributed by atoms with Crippen molar-refractivity contribution in [3.8, 4) is 17.0 Å². The molecule has 5 rings (SSSR count). The van der Waals surface area contributed by atoms with Gasteiger partial charge in [-0.1, -0.05) is 29.3 Å². The van der Waals surface area contributed by atoms with E-state index in [-0.39, 0.29) is 23.4 Å². The molecule has 2 atom stereocenters. The second kappa shape index (κ2) is 11.2. The summed E-state index contributed by atoms with van der Waals surface area (Å²) in [4.78, 5) is 27.6. The number of nitrogens with one attached hydrogen (secondary N) is 1. The second-order valence-corrected chi connectivity index (χ2v) is 10.1. The maximum absolute atomic E-state index is 11.8. The van der Waals surface area contributed by atoms with Crippen molar-refractivity contribution in [2.45, 2.75) is 45.4 Å². The van der Waals surface area contributed by atoms with Crippen molar-refractivity contribution in [1.82, 2.24) is 14.8 Å². The molecule has 0 spiro atoms. The van der Waals surface area contributed by atoms with Crippen LogP contribution in [0.25, 0.3) is 22.2 Å². The second-order valence-electron chi connectivity index (χ2n) is 9.32. The van der Waals surface area contributed by atoms with E-state index in [1.165, 1.54) is 25.4 Å². The highest BCUT2D eigenvalue weighted by molar-refractivity contribution is 6.35. The highest BCUT2D eigenvalue weighted by Crippen LogP contribution is 2.38. The fourth-order valence-electron chi connectivity index (χ4n) is 4.79. The van der Waals surface area contributed by atoms with E-state index in [1.54, 1.807) is 12.1 Å². The fraction of sp³-hybridized carbons (Fsp3) is 0.286. The van der Waals surface area contributed by atoms with E-state index in [0.29, 0.717) is 39.2 Å². The lowest BCUT2D eigenvalue weighted by molar-refractivity contribution is -0.114. The number of aromatic carboxylic acids is 1. The standard InChI is InChI=1S/C28H26Cl2N4O5/c1-15(26-21(29)13-31-14-22(26)30)39-18-7-9-24-20(12-18)27(33-34(24)25-5-3-4-10-38-25)17-6-8-19(28(36)37)23(11-17)32-16(2)35/h6-9,11-15,25H,3-5,10H2,1-2H3,(H,32,35)(H,36,37)/t15-,25?/m1/s1. The van der Waals surface area contributed by atoms with Crippen molar-refractivity contribution in [3.05, 3.63) is 70.0 Å². The predicted molar refractivity (Wildman–Crippen MR) is 149 cm³/mol. The third kappa shape index (κ3) is 5.56. The van der Waals surface area contributed by atoms with Crippen molar-refractivity contribution < 1.29 is 24.2 Å². The Morgan fingerprint density at radius 3 is 2.59 bits per heavy atom. The number of benzene rings is 2. The lowest BCUT2D eigenvalue weighted by Crippen LogP contribution is -2.19. The Hall–Kier alpha value is -3.66. The molecular formula is C28H26Cl2N4O5. The van der Waals surface area contributed by atoms with E-state index in [4.69, 9.17) is 37.8 Å². The predicted octanol–water partition coefficient (Wildman–Crippen LogP) is 6.90. The van der Waals surface area contributed by atoms with Crippen LogP contribution >= 0.6 is 23.2 Å². The van der Waals surface area contributed by atoms with Crippen LogP contribution in [0.4, 0.5) is 5.69 Å². The number of anilines is 1. The van der Waals surface area contributed by atoms with Gasteiger partial charge in [-0.15, -0.1) is 0 Å². The first kappa shape index (κ1) is 26.9. The molecule has 11 heteroatoms. The molecule has 0 bridgehead atoms. The number of pyridine rings is 1. The normalized spacial score (nSPS) is 16.2. The van der Waals surface area contributed by atoms with Crippen LogP contribution in [0.2, 0.25) is 10.0 Å². The molecule has 0 radical (unpaired) electrons. The topological polar surface area (TPSA) is 116 Å². The lowest BCUT2D eigenvalue weighted by atomic mass is 10.0. The molecule has 2 aromatic heterocycles. The minimum Gasteiger partial charge on any atom is -0.486 e. The van der Waals surface area contributed by atoms with Gasteiger partial charge in [-0.3, -0.25) is 9.78 Å². The highest BCUT2D eigenvalue weighted by atomic mass is 35.5. The van der Waals surface area contributed by atoms with Crippen LogP contribution < -0.4 is 10.1 Å². The van der Waals surface area contributed by atoms with Gasteiger partial charge >= 0.3 is 5.97 Å². The van der Waals surface area contributed by atoms with Crippen LogP contribution in [0.15, 0.2) is 48.8 Å². The van der Waals surface area contributed by atoms with Gasteiger partial charge in [0.2, 0.25) is 5.91 Å². The minimum absolute atomic E-state index is 0.0164. The summed E-state index contributed by atoms with van der Waals surface area (Å²) in [5, 5.41) is 18.7. The summed E-state index contributed by atoms with van der Waals surface area (Å²) < 4.78 is 14.1. The van der Waals surface area contributed by atoms with E-state index >= 15 is 0 Å². The minimum atomic E-state index is -1.14. The zero-order chi connectivity index (χ0) is 27.7. The number of hydrogen-bond donors (Lipinski definition) is 2. The van der Waals surface area contributed by atoms with Crippen LogP contribution in [-0.2, 0) is 9.53 Å². The van der Waals surface area contributed by atoms with Gasteiger partial charge < -0.3 is 19.9 Å². The average Bonchev–Trinajstić information content (AvgIpc) is 3.27. The molecule has 2 N–H and O–H groups in total. The van der Waals surface area contributed by atoms with E-state index in [1.807, 2.05) is 29.8 Å². The Kier molecular flexibility index (Phi) is 7.74. The number of carboxylic acids is 1.